The molecule has 0 aliphatic rings. The number of carboxylic acids is 2. The van der Waals surface area contributed by atoms with Crippen LogP contribution in [0.25, 0.3) is 0 Å². The van der Waals surface area contributed by atoms with Crippen molar-refractivity contribution in [3.8, 4) is 11.5 Å². The van der Waals surface area contributed by atoms with Gasteiger partial charge in [-0.15, -0.1) is 9.24 Å². The minimum Gasteiger partial charge on any atom is -0.478 e. The van der Waals surface area contributed by atoms with Crippen LogP contribution in [0.3, 0.4) is 0 Å². The van der Waals surface area contributed by atoms with Gasteiger partial charge in [-0.2, -0.15) is 0 Å². The van der Waals surface area contributed by atoms with E-state index < -0.39 is 11.9 Å². The number of benzene rings is 3. The van der Waals surface area contributed by atoms with Crippen molar-refractivity contribution in [3.63, 3.8) is 0 Å². The number of ether oxygens (including phenoxy) is 1. The van der Waals surface area contributed by atoms with Crippen LogP contribution in [0.1, 0.15) is 20.7 Å². The molecule has 1 atom stereocenters. The molecule has 6 heteroatoms. The van der Waals surface area contributed by atoms with Crippen LogP contribution < -0.4 is 10.0 Å². The van der Waals surface area contributed by atoms with Crippen molar-refractivity contribution in [1.82, 2.24) is 0 Å². The van der Waals surface area contributed by atoms with E-state index in [-0.39, 0.29) is 11.1 Å². The highest BCUT2D eigenvalue weighted by atomic mass is 31.0. The third-order valence-electron chi connectivity index (χ3n) is 3.24. The van der Waals surface area contributed by atoms with Crippen LogP contribution in [0.15, 0.2) is 78.9 Å². The average Bonchev–Trinajstić information content (AvgIpc) is 2.64. The van der Waals surface area contributed by atoms with Crippen LogP contribution in [0.5, 0.6) is 11.5 Å². The Bertz CT molecular complexity index is 803. The number of carbonyl (C=O) groups is 2. The molecule has 26 heavy (non-hydrogen) atoms. The number of rotatable bonds is 4. The van der Waals surface area contributed by atoms with Gasteiger partial charge in [-0.3, -0.25) is 0 Å². The van der Waals surface area contributed by atoms with Gasteiger partial charge in [-0.25, -0.2) is 9.59 Å². The number of hydrogen-bond donors (Lipinski definition) is 2. The maximum atomic E-state index is 10.7. The summed E-state index contributed by atoms with van der Waals surface area (Å²) >= 11 is 0. The maximum absolute atomic E-state index is 10.7. The van der Waals surface area contributed by atoms with Gasteiger partial charge in [-0.05, 0) is 53.8 Å². The molecule has 0 fully saturated rings. The topological polar surface area (TPSA) is 83.8 Å². The van der Waals surface area contributed by atoms with Crippen LogP contribution in [-0.4, -0.2) is 22.2 Å². The first-order valence-corrected chi connectivity index (χ1v) is 8.18. The molecule has 0 radical (unpaired) electrons. The number of carboxylic acid groups (broad SMARTS) is 2. The van der Waals surface area contributed by atoms with Crippen LogP contribution in [-0.2, 0) is 0 Å². The molecule has 5 nitrogen and oxygen atoms in total. The van der Waals surface area contributed by atoms with Gasteiger partial charge >= 0.3 is 11.9 Å². The normalized spacial score (nSPS) is 9.58. The highest BCUT2D eigenvalue weighted by molar-refractivity contribution is 7.27. The summed E-state index contributed by atoms with van der Waals surface area (Å²) in [5, 5.41) is 18.7. The fourth-order valence-corrected chi connectivity index (χ4v) is 2.14. The fraction of sp³-hybridized carbons (Fsp3) is 0. The minimum atomic E-state index is -1.00. The van der Waals surface area contributed by atoms with Crippen LogP contribution in [0.2, 0.25) is 0 Å². The second kappa shape index (κ2) is 9.35. The van der Waals surface area contributed by atoms with Gasteiger partial charge in [0.15, 0.2) is 0 Å². The molecule has 0 heterocycles. The Balaban J connectivity index is 0.000000290. The Kier molecular flexibility index (Phi) is 6.89. The summed E-state index contributed by atoms with van der Waals surface area (Å²) in [5.74, 6) is -1.05. The van der Waals surface area contributed by atoms with E-state index >= 15 is 0 Å². The first-order chi connectivity index (χ1) is 12.5. The van der Waals surface area contributed by atoms with E-state index in [9.17, 15) is 9.59 Å². The van der Waals surface area contributed by atoms with Gasteiger partial charge in [0.2, 0.25) is 0 Å². The molecule has 0 aliphatic heterocycles. The van der Waals surface area contributed by atoms with E-state index in [0.29, 0.717) is 11.5 Å². The van der Waals surface area contributed by atoms with Gasteiger partial charge in [0.1, 0.15) is 11.5 Å². The molecule has 1 unspecified atom stereocenters. The van der Waals surface area contributed by atoms with Crippen molar-refractivity contribution in [3.05, 3.63) is 90.0 Å². The van der Waals surface area contributed by atoms with Gasteiger partial charge in [0, 0.05) is 0 Å². The zero-order valence-electron chi connectivity index (χ0n) is 13.7. The van der Waals surface area contributed by atoms with Gasteiger partial charge < -0.3 is 14.9 Å². The van der Waals surface area contributed by atoms with E-state index in [4.69, 9.17) is 14.9 Å². The zero-order valence-corrected chi connectivity index (χ0v) is 14.9. The second-order valence-corrected chi connectivity index (χ2v) is 5.84. The van der Waals surface area contributed by atoms with Gasteiger partial charge in [0.25, 0.3) is 0 Å². The predicted octanol–water partition coefficient (Wildman–Crippen LogP) is 4.06. The third-order valence-corrected chi connectivity index (χ3v) is 3.62. The average molecular weight is 368 g/mol. The standard InChI is InChI=1S/C14H10O5.C6H7P/c15-13(16)9-1-5-11(6-2-9)19-12-7-3-10(4-8-12)14(17)18;7-6-4-2-1-3-5-6/h1-8H,(H,15,16)(H,17,18);1-5H,7H2. The largest absolute Gasteiger partial charge is 0.478 e. The smallest absolute Gasteiger partial charge is 0.335 e. The van der Waals surface area contributed by atoms with Crippen molar-refractivity contribution >= 4 is 26.5 Å². The molecule has 2 N–H and O–H groups in total. The summed E-state index contributed by atoms with van der Waals surface area (Å²) in [5.41, 5.74) is 0.349. The SMILES string of the molecule is O=C(O)c1ccc(Oc2ccc(C(=O)O)cc2)cc1.Pc1ccccc1. The monoisotopic (exact) mass is 368 g/mol. The van der Waals surface area contributed by atoms with Crippen molar-refractivity contribution in [2.24, 2.45) is 0 Å². The van der Waals surface area contributed by atoms with Crippen molar-refractivity contribution in [2.75, 3.05) is 0 Å². The highest BCUT2D eigenvalue weighted by Gasteiger charge is 2.04. The minimum absolute atomic E-state index is 0.175. The van der Waals surface area contributed by atoms with E-state index in [0.717, 1.165) is 0 Å². The molecular formula is C20H17O5P. The molecule has 0 aromatic heterocycles. The molecule has 132 valence electrons. The van der Waals surface area contributed by atoms with Crippen molar-refractivity contribution < 1.29 is 24.5 Å². The zero-order chi connectivity index (χ0) is 18.9. The van der Waals surface area contributed by atoms with E-state index in [1.165, 1.54) is 53.8 Å². The lowest BCUT2D eigenvalue weighted by molar-refractivity contribution is 0.0686. The summed E-state index contributed by atoms with van der Waals surface area (Å²) in [6.07, 6.45) is 0. The van der Waals surface area contributed by atoms with E-state index in [2.05, 4.69) is 9.24 Å². The number of aromatic carboxylic acids is 2. The Hall–Kier alpha value is -3.17. The molecule has 3 aromatic carbocycles. The van der Waals surface area contributed by atoms with Crippen molar-refractivity contribution in [1.29, 1.82) is 0 Å². The molecule has 3 rings (SSSR count). The molecule has 3 aromatic rings. The van der Waals surface area contributed by atoms with Crippen molar-refractivity contribution in [2.45, 2.75) is 0 Å². The van der Waals surface area contributed by atoms with E-state index in [1.54, 1.807) is 0 Å². The van der Waals surface area contributed by atoms with Gasteiger partial charge in [-0.1, -0.05) is 30.3 Å². The molecule has 0 amide bonds. The summed E-state index contributed by atoms with van der Waals surface area (Å²) in [4.78, 5) is 21.4. The van der Waals surface area contributed by atoms with Crippen LogP contribution >= 0.6 is 9.24 Å². The third kappa shape index (κ3) is 6.04. The quantitative estimate of drug-likeness (QED) is 0.679. The Labute approximate surface area is 153 Å². The Morgan fingerprint density at radius 1 is 0.654 bits per heavy atom. The molecule has 0 spiro atoms. The Morgan fingerprint density at radius 2 is 1.04 bits per heavy atom. The maximum Gasteiger partial charge on any atom is 0.335 e. The lowest BCUT2D eigenvalue weighted by Crippen LogP contribution is -1.96. The number of hydrogen-bond acceptors (Lipinski definition) is 3. The first kappa shape index (κ1) is 19.2. The Morgan fingerprint density at radius 3 is 1.31 bits per heavy atom. The molecule has 0 saturated carbocycles. The second-order valence-electron chi connectivity index (χ2n) is 5.17. The molecule has 0 aliphatic carbocycles. The highest BCUT2D eigenvalue weighted by Crippen LogP contribution is 2.22. The molecule has 0 saturated heterocycles. The van der Waals surface area contributed by atoms with Gasteiger partial charge in [0.05, 0.1) is 11.1 Å². The lowest BCUT2D eigenvalue weighted by atomic mass is 10.2. The lowest BCUT2D eigenvalue weighted by Gasteiger charge is -2.06. The fourth-order valence-electron chi connectivity index (χ4n) is 1.92. The first-order valence-electron chi connectivity index (χ1n) is 7.61. The predicted molar refractivity (Wildman–Crippen MR) is 103 cm³/mol. The summed E-state index contributed by atoms with van der Waals surface area (Å²) in [6, 6.07) is 22.0. The van der Waals surface area contributed by atoms with Crippen LogP contribution in [0.4, 0.5) is 0 Å². The molecular weight excluding hydrogens is 351 g/mol. The summed E-state index contributed by atoms with van der Waals surface area (Å²) < 4.78 is 5.46. The van der Waals surface area contributed by atoms with E-state index in [1.807, 2.05) is 30.3 Å². The molecule has 0 bridgehead atoms. The van der Waals surface area contributed by atoms with Crippen LogP contribution in [0, 0.1) is 0 Å². The summed E-state index contributed by atoms with van der Waals surface area (Å²) in [7, 11) is 2.63. The summed E-state index contributed by atoms with van der Waals surface area (Å²) in [6.45, 7) is 0.